The van der Waals surface area contributed by atoms with E-state index in [-0.39, 0.29) is 72.4 Å². The zero-order valence-corrected chi connectivity index (χ0v) is 33.9. The number of aliphatic hydroxyl groups excluding tert-OH is 4. The van der Waals surface area contributed by atoms with E-state index in [1.54, 1.807) is 24.3 Å². The minimum absolute atomic E-state index is 0. The number of halogens is 12. The van der Waals surface area contributed by atoms with E-state index >= 15 is 0 Å². The average Bonchev–Trinajstić information content (AvgIpc) is 3.18. The van der Waals surface area contributed by atoms with E-state index < -0.39 is 70.9 Å². The molecule has 0 saturated heterocycles. The monoisotopic (exact) mass is 1040 g/mol. The molecule has 0 saturated carbocycles. The largest absolute Gasteiger partial charge is 0.504 e. The molecule has 0 atom stereocenters. The Morgan fingerprint density at radius 1 is 0.311 bits per heavy atom. The van der Waals surface area contributed by atoms with Crippen LogP contribution in [0.3, 0.4) is 0 Å². The van der Waals surface area contributed by atoms with Crippen molar-refractivity contribution in [2.24, 2.45) is 0 Å². The van der Waals surface area contributed by atoms with E-state index in [2.05, 4.69) is 0 Å². The van der Waals surface area contributed by atoms with Gasteiger partial charge in [-0.1, -0.05) is 121 Å². The number of aliphatic hydroxyl groups is 4. The van der Waals surface area contributed by atoms with Gasteiger partial charge in [0, 0.05) is 72.4 Å². The normalized spacial score (nSPS) is 12.4. The maximum Gasteiger partial charge on any atom is 0.448 e. The number of carbonyl (C=O) groups is 4. The van der Waals surface area contributed by atoms with Gasteiger partial charge in [-0.15, -0.1) is 0 Å². The molecule has 0 aliphatic rings. The summed E-state index contributed by atoms with van der Waals surface area (Å²) in [5.41, 5.74) is 0.364. The van der Waals surface area contributed by atoms with E-state index in [0.29, 0.717) is 0 Å². The Hall–Kier alpha value is -6.25. The quantitative estimate of drug-likeness (QED) is 0.0448. The van der Waals surface area contributed by atoms with Crippen LogP contribution in [0.4, 0.5) is 52.7 Å². The minimum atomic E-state index is -4.88. The first kappa shape index (κ1) is 54.8. The molecule has 21 heteroatoms. The van der Waals surface area contributed by atoms with Crippen LogP contribution >= 0.6 is 0 Å². The molecule has 4 aromatic rings. The molecule has 0 heterocycles. The predicted octanol–water partition coefficient (Wildman–Crippen LogP) is 11.5. The molecule has 0 aliphatic carbocycles. The Balaban J connectivity index is 0.000000783. The molecule has 324 valence electrons. The van der Waals surface area contributed by atoms with Crippen LogP contribution in [0.25, 0.3) is 0 Å². The predicted molar refractivity (Wildman–Crippen MR) is 190 cm³/mol. The summed E-state index contributed by atoms with van der Waals surface area (Å²) in [6.45, 7) is 0. The molecule has 0 unspecified atom stereocenters. The van der Waals surface area contributed by atoms with Crippen LogP contribution in [0.2, 0.25) is 0 Å². The number of hydrogen-bond donors (Lipinski definition) is 4. The van der Waals surface area contributed by atoms with Crippen molar-refractivity contribution < 1.29 is 118 Å². The minimum Gasteiger partial charge on any atom is -0.504 e. The summed E-state index contributed by atoms with van der Waals surface area (Å²) in [5.74, 6) is -11.1. The maximum atomic E-state index is 11.9. The smallest absolute Gasteiger partial charge is 0.448 e. The molecule has 4 rings (SSSR count). The zero-order chi connectivity index (χ0) is 45.9. The number of rotatable bonds is 8. The second-order valence-electron chi connectivity index (χ2n) is 11.0. The number of hydrogen-bond acceptors (Lipinski definition) is 8. The van der Waals surface area contributed by atoms with Gasteiger partial charge in [-0.25, -0.2) is 0 Å². The third kappa shape index (κ3) is 21.5. The van der Waals surface area contributed by atoms with Crippen LogP contribution < -0.4 is 0 Å². The molecule has 8 nitrogen and oxygen atoms in total. The Kier molecular flexibility index (Phi) is 22.2. The van der Waals surface area contributed by atoms with Crippen molar-refractivity contribution in [3.05, 3.63) is 191 Å². The Morgan fingerprint density at radius 2 is 0.443 bits per heavy atom. The molecule has 4 aromatic carbocycles. The van der Waals surface area contributed by atoms with Crippen LogP contribution in [-0.4, -0.2) is 68.3 Å². The van der Waals surface area contributed by atoms with Crippen LogP contribution in [0, 0.1) is 0 Å². The Labute approximate surface area is 355 Å². The van der Waals surface area contributed by atoms with E-state index in [9.17, 15) is 71.9 Å². The Bertz CT molecular complexity index is 1830. The first-order valence-electron chi connectivity index (χ1n) is 15.9. The van der Waals surface area contributed by atoms with Gasteiger partial charge < -0.3 is 20.4 Å². The Morgan fingerprint density at radius 3 is 0.557 bits per heavy atom. The SMILES string of the molecule is O=C(C=C(O)C(F)(F)F)c1ccccc1.O=C(C=C(O)C(F)(F)F)c1ccccc1.O=C(C=C(O)C(F)(F)F)c1ccccc1.O=C(C=C(O)C(F)(F)F)c1ccccc1.[Hf]. The molecule has 61 heavy (non-hydrogen) atoms. The molecule has 0 bridgehead atoms. The fourth-order valence-electron chi connectivity index (χ4n) is 3.57. The zero-order valence-electron chi connectivity index (χ0n) is 30.3. The van der Waals surface area contributed by atoms with Crippen molar-refractivity contribution in [3.63, 3.8) is 0 Å². The van der Waals surface area contributed by atoms with Gasteiger partial charge in [-0.2, -0.15) is 52.7 Å². The first-order valence-corrected chi connectivity index (χ1v) is 15.9. The number of carbonyl (C=O) groups excluding carboxylic acids is 4. The van der Waals surface area contributed by atoms with E-state index in [1.807, 2.05) is 0 Å². The van der Waals surface area contributed by atoms with Crippen LogP contribution in [0.15, 0.2) is 169 Å². The molecule has 0 radical (unpaired) electrons. The number of benzene rings is 4. The van der Waals surface area contributed by atoms with Crippen molar-refractivity contribution in [1.29, 1.82) is 0 Å². The summed E-state index contributed by atoms with van der Waals surface area (Å²) in [6.07, 6.45) is -18.9. The van der Waals surface area contributed by atoms with Crippen molar-refractivity contribution >= 4 is 23.1 Å². The molecule has 0 amide bonds. The second-order valence-corrected chi connectivity index (χ2v) is 11.0. The molecule has 0 spiro atoms. The fraction of sp³-hybridized carbons (Fsp3) is 0.100. The standard InChI is InChI=1S/4C10H7F3O2.Hf/c4*11-10(12,13)9(15)6-8(14)7-4-2-1-3-5-7;/h4*1-6,15H;. The summed E-state index contributed by atoms with van der Waals surface area (Å²) >= 11 is 0. The van der Waals surface area contributed by atoms with Gasteiger partial charge in [-0.3, -0.25) is 19.2 Å². The van der Waals surface area contributed by atoms with Crippen LogP contribution in [0.5, 0.6) is 0 Å². The number of alkyl halides is 12. The molecule has 0 aliphatic heterocycles. The van der Waals surface area contributed by atoms with E-state index in [0.717, 1.165) is 0 Å². The van der Waals surface area contributed by atoms with Crippen molar-refractivity contribution in [3.8, 4) is 0 Å². The van der Waals surface area contributed by atoms with Gasteiger partial charge in [0.1, 0.15) is 0 Å². The summed E-state index contributed by atoms with van der Waals surface area (Å²) in [5, 5.41) is 34.1. The summed E-state index contributed by atoms with van der Waals surface area (Å²) < 4.78 is 142. The average molecular weight is 1040 g/mol. The van der Waals surface area contributed by atoms with Gasteiger partial charge in [0.2, 0.25) is 23.0 Å². The van der Waals surface area contributed by atoms with Crippen molar-refractivity contribution in [1.82, 2.24) is 0 Å². The summed E-state index contributed by atoms with van der Waals surface area (Å²) in [6, 6.07) is 29.6. The van der Waals surface area contributed by atoms with E-state index in [1.165, 1.54) is 97.1 Å². The maximum absolute atomic E-state index is 11.9. The third-order valence-corrected chi connectivity index (χ3v) is 6.47. The molecule has 0 aromatic heterocycles. The molecular weight excluding hydrogens is 1010 g/mol. The van der Waals surface area contributed by atoms with Gasteiger partial charge >= 0.3 is 24.7 Å². The molecular formula is C40H28F12HfO8. The topological polar surface area (TPSA) is 149 Å². The second kappa shape index (κ2) is 24.7. The number of allylic oxidation sites excluding steroid dienone is 8. The van der Waals surface area contributed by atoms with Crippen LogP contribution in [-0.2, 0) is 25.8 Å². The molecule has 0 fully saturated rings. The summed E-state index contributed by atoms with van der Waals surface area (Å²) in [4.78, 5) is 44.7. The van der Waals surface area contributed by atoms with Gasteiger partial charge in [0.05, 0.1) is 0 Å². The van der Waals surface area contributed by atoms with Gasteiger partial charge in [0.25, 0.3) is 0 Å². The fourth-order valence-corrected chi connectivity index (χ4v) is 3.57. The van der Waals surface area contributed by atoms with E-state index in [4.69, 9.17) is 20.4 Å². The van der Waals surface area contributed by atoms with Gasteiger partial charge in [0.15, 0.2) is 23.1 Å². The van der Waals surface area contributed by atoms with Crippen molar-refractivity contribution in [2.45, 2.75) is 24.7 Å². The van der Waals surface area contributed by atoms with Crippen molar-refractivity contribution in [2.75, 3.05) is 0 Å². The van der Waals surface area contributed by atoms with Crippen LogP contribution in [0.1, 0.15) is 41.4 Å². The summed E-state index contributed by atoms with van der Waals surface area (Å²) in [7, 11) is 0. The first-order chi connectivity index (χ1) is 27.6. The molecule has 4 N–H and O–H groups in total. The number of ketones is 4. The van der Waals surface area contributed by atoms with Gasteiger partial charge in [-0.05, 0) is 0 Å². The third-order valence-electron chi connectivity index (χ3n) is 6.47.